The fraction of sp³-hybridized carbons (Fsp3) is 0.0769. The molecule has 0 unspecified atom stereocenters. The van der Waals surface area contributed by atoms with Gasteiger partial charge in [-0.3, -0.25) is 0 Å². The highest BCUT2D eigenvalue weighted by molar-refractivity contribution is 7.22. The van der Waals surface area contributed by atoms with Gasteiger partial charge in [-0.05, 0) is 43.3 Å². The van der Waals surface area contributed by atoms with Crippen LogP contribution in [0.3, 0.4) is 0 Å². The number of aromatic nitrogens is 3. The lowest BCUT2D eigenvalue weighted by molar-refractivity contribution is 0.797. The van der Waals surface area contributed by atoms with Gasteiger partial charge in [-0.2, -0.15) is 0 Å². The Morgan fingerprint density at radius 3 is 2.00 bits per heavy atom. The number of hydrogen-bond acceptors (Lipinski definition) is 4. The van der Waals surface area contributed by atoms with Crippen molar-refractivity contribution in [3.8, 4) is 0 Å². The molecule has 0 amide bonds. The summed E-state index contributed by atoms with van der Waals surface area (Å²) >= 11 is 3.46. The second-order valence-electron chi connectivity index (χ2n) is 7.42. The van der Waals surface area contributed by atoms with Crippen LogP contribution in [0.4, 0.5) is 0 Å². The van der Waals surface area contributed by atoms with E-state index in [1.54, 1.807) is 22.7 Å². The zero-order valence-electron chi connectivity index (χ0n) is 16.9. The molecular formula is C26H19N3S2. The normalized spacial score (nSPS) is 11.5. The average molecular weight is 438 g/mol. The van der Waals surface area contributed by atoms with Gasteiger partial charge in [0.1, 0.15) is 10.0 Å². The summed E-state index contributed by atoms with van der Waals surface area (Å²) in [6, 6.07) is 25.2. The molecular weight excluding hydrogens is 418 g/mol. The van der Waals surface area contributed by atoms with Crippen molar-refractivity contribution in [2.75, 3.05) is 0 Å². The molecule has 6 rings (SSSR count). The average Bonchev–Trinajstić information content (AvgIpc) is 3.51. The molecule has 0 N–H and O–H groups in total. The molecule has 5 heteroatoms. The van der Waals surface area contributed by atoms with Crippen molar-refractivity contribution in [3.05, 3.63) is 94.6 Å². The Bertz CT molecular complexity index is 1440. The molecule has 0 radical (unpaired) electrons. The number of para-hydroxylation sites is 3. The van der Waals surface area contributed by atoms with Crippen LogP contribution in [0.15, 0.2) is 79.0 Å². The molecule has 0 saturated carbocycles. The fourth-order valence-electron chi connectivity index (χ4n) is 4.00. The van der Waals surface area contributed by atoms with Crippen LogP contribution in [0.25, 0.3) is 43.0 Å². The van der Waals surface area contributed by atoms with E-state index in [1.807, 2.05) is 12.1 Å². The van der Waals surface area contributed by atoms with E-state index in [1.165, 1.54) is 25.9 Å². The van der Waals surface area contributed by atoms with E-state index >= 15 is 0 Å². The Balaban J connectivity index is 1.62. The van der Waals surface area contributed by atoms with E-state index in [2.05, 4.69) is 84.4 Å². The number of aryl methyl sites for hydroxylation is 1. The molecule has 0 aliphatic rings. The summed E-state index contributed by atoms with van der Waals surface area (Å²) in [6.45, 7) is 3.12. The molecule has 3 heterocycles. The first kappa shape index (κ1) is 18.5. The monoisotopic (exact) mass is 437 g/mol. The van der Waals surface area contributed by atoms with E-state index in [-0.39, 0.29) is 0 Å². The van der Waals surface area contributed by atoms with Gasteiger partial charge in [-0.25, -0.2) is 9.97 Å². The maximum atomic E-state index is 4.97. The first-order valence-electron chi connectivity index (χ1n) is 10.3. The van der Waals surface area contributed by atoms with Crippen molar-refractivity contribution in [2.24, 2.45) is 0 Å². The highest BCUT2D eigenvalue weighted by Crippen LogP contribution is 2.37. The summed E-state index contributed by atoms with van der Waals surface area (Å²) in [5, 5.41) is 3.27. The number of rotatable bonds is 4. The quantitative estimate of drug-likeness (QED) is 0.286. The Kier molecular flexibility index (Phi) is 4.44. The van der Waals surface area contributed by atoms with Gasteiger partial charge in [0.15, 0.2) is 0 Å². The topological polar surface area (TPSA) is 30.7 Å². The zero-order chi connectivity index (χ0) is 20.8. The third-order valence-corrected chi connectivity index (χ3v) is 7.65. The van der Waals surface area contributed by atoms with Crippen molar-refractivity contribution < 1.29 is 0 Å². The lowest BCUT2D eigenvalue weighted by Crippen LogP contribution is -1.89. The standard InChI is InChI=1S/C26H19N3S2/c1-2-29-16-17(18-9-3-6-12-22(18)29)15-19(25-27-20-10-4-7-13-23(20)30-25)26-28-21-11-5-8-14-24(21)31-26/h3-16H,2H2,1H3. The van der Waals surface area contributed by atoms with Gasteiger partial charge in [0, 0.05) is 34.8 Å². The summed E-state index contributed by atoms with van der Waals surface area (Å²) in [4.78, 5) is 9.95. The van der Waals surface area contributed by atoms with Gasteiger partial charge in [0.2, 0.25) is 0 Å². The molecule has 0 fully saturated rings. The first-order valence-corrected chi connectivity index (χ1v) is 11.9. The Hall–Kier alpha value is -3.28. The lowest BCUT2D eigenvalue weighted by Gasteiger charge is -2.00. The van der Waals surface area contributed by atoms with Crippen LogP contribution < -0.4 is 0 Å². The Morgan fingerprint density at radius 1 is 0.806 bits per heavy atom. The first-order chi connectivity index (χ1) is 15.3. The summed E-state index contributed by atoms with van der Waals surface area (Å²) in [5.74, 6) is 0. The van der Waals surface area contributed by atoms with Crippen molar-refractivity contribution in [2.45, 2.75) is 13.5 Å². The van der Waals surface area contributed by atoms with Crippen LogP contribution in [0.1, 0.15) is 22.5 Å². The van der Waals surface area contributed by atoms with Crippen molar-refractivity contribution in [1.82, 2.24) is 14.5 Å². The van der Waals surface area contributed by atoms with Crippen molar-refractivity contribution >= 4 is 65.7 Å². The lowest BCUT2D eigenvalue weighted by atomic mass is 10.1. The summed E-state index contributed by atoms with van der Waals surface area (Å²) < 4.78 is 4.69. The van der Waals surface area contributed by atoms with Crippen LogP contribution >= 0.6 is 22.7 Å². The molecule has 0 atom stereocenters. The third kappa shape index (κ3) is 3.17. The number of hydrogen-bond donors (Lipinski definition) is 0. The molecule has 3 nitrogen and oxygen atoms in total. The SMILES string of the molecule is CCn1cc(C=C(c2nc3ccccc3s2)c2nc3ccccc3s2)c2ccccc21. The minimum absolute atomic E-state index is 0.936. The van der Waals surface area contributed by atoms with Crippen molar-refractivity contribution in [1.29, 1.82) is 0 Å². The Labute approximate surface area is 187 Å². The van der Waals surface area contributed by atoms with Gasteiger partial charge >= 0.3 is 0 Å². The smallest absolute Gasteiger partial charge is 0.127 e. The summed E-state index contributed by atoms with van der Waals surface area (Å²) in [7, 11) is 0. The fourth-order valence-corrected chi connectivity index (χ4v) is 6.03. The molecule has 0 aliphatic carbocycles. The van der Waals surface area contributed by atoms with E-state index in [9.17, 15) is 0 Å². The van der Waals surface area contributed by atoms with E-state index in [0.717, 1.165) is 33.2 Å². The third-order valence-electron chi connectivity index (χ3n) is 5.51. The maximum Gasteiger partial charge on any atom is 0.127 e. The maximum absolute atomic E-state index is 4.97. The number of benzene rings is 3. The molecule has 3 aromatic heterocycles. The molecule has 0 bridgehead atoms. The van der Waals surface area contributed by atoms with Crippen LogP contribution in [-0.4, -0.2) is 14.5 Å². The number of nitrogens with zero attached hydrogens (tertiary/aromatic N) is 3. The van der Waals surface area contributed by atoms with Gasteiger partial charge in [0.25, 0.3) is 0 Å². The van der Waals surface area contributed by atoms with Crippen LogP contribution in [0, 0.1) is 0 Å². The molecule has 0 spiro atoms. The summed E-state index contributed by atoms with van der Waals surface area (Å²) in [5.41, 5.74) is 5.60. The van der Waals surface area contributed by atoms with E-state index in [4.69, 9.17) is 9.97 Å². The highest BCUT2D eigenvalue weighted by atomic mass is 32.1. The largest absolute Gasteiger partial charge is 0.347 e. The second kappa shape index (κ2) is 7.45. The predicted molar refractivity (Wildman–Crippen MR) is 134 cm³/mol. The Morgan fingerprint density at radius 2 is 1.39 bits per heavy atom. The minimum Gasteiger partial charge on any atom is -0.347 e. The molecule has 6 aromatic rings. The minimum atomic E-state index is 0.936. The number of thiazole rings is 2. The van der Waals surface area contributed by atoms with E-state index in [0.29, 0.717) is 0 Å². The van der Waals surface area contributed by atoms with Crippen molar-refractivity contribution in [3.63, 3.8) is 0 Å². The van der Waals surface area contributed by atoms with Gasteiger partial charge < -0.3 is 4.57 Å². The summed E-state index contributed by atoms with van der Waals surface area (Å²) in [6.07, 6.45) is 4.51. The van der Waals surface area contributed by atoms with E-state index < -0.39 is 0 Å². The molecule has 3 aromatic carbocycles. The molecule has 0 aliphatic heterocycles. The van der Waals surface area contributed by atoms with Crippen LogP contribution in [0.5, 0.6) is 0 Å². The molecule has 0 saturated heterocycles. The second-order valence-corrected chi connectivity index (χ2v) is 9.48. The predicted octanol–water partition coefficient (Wildman–Crippen LogP) is 7.47. The van der Waals surface area contributed by atoms with Crippen LogP contribution in [0.2, 0.25) is 0 Å². The van der Waals surface area contributed by atoms with Gasteiger partial charge in [0.05, 0.1) is 20.4 Å². The highest BCUT2D eigenvalue weighted by Gasteiger charge is 2.17. The molecule has 31 heavy (non-hydrogen) atoms. The van der Waals surface area contributed by atoms with Gasteiger partial charge in [-0.1, -0.05) is 42.5 Å². The van der Waals surface area contributed by atoms with Crippen LogP contribution in [-0.2, 0) is 6.54 Å². The van der Waals surface area contributed by atoms with Gasteiger partial charge in [-0.15, -0.1) is 22.7 Å². The molecule has 150 valence electrons. The number of fused-ring (bicyclic) bond motifs is 3. The zero-order valence-corrected chi connectivity index (χ0v) is 18.6.